The largest absolute Gasteiger partial charge is 0.338 e. The van der Waals surface area contributed by atoms with E-state index in [9.17, 15) is 9.59 Å². The Bertz CT molecular complexity index is 692. The maximum Gasteiger partial charge on any atom is 0.263 e. The van der Waals surface area contributed by atoms with Crippen LogP contribution < -0.4 is 5.32 Å². The van der Waals surface area contributed by atoms with Crippen molar-refractivity contribution < 1.29 is 9.59 Å². The van der Waals surface area contributed by atoms with Crippen molar-refractivity contribution in [1.29, 1.82) is 0 Å². The second-order valence-corrected chi connectivity index (χ2v) is 6.64. The van der Waals surface area contributed by atoms with Crippen molar-refractivity contribution in [2.45, 2.75) is 19.8 Å². The first-order valence-corrected chi connectivity index (χ1v) is 8.59. The molecule has 0 saturated carbocycles. The lowest BCUT2D eigenvalue weighted by Gasteiger charge is -2.31. The maximum absolute atomic E-state index is 12.3. The smallest absolute Gasteiger partial charge is 0.263 e. The predicted molar refractivity (Wildman–Crippen MR) is 90.6 cm³/mol. The summed E-state index contributed by atoms with van der Waals surface area (Å²) in [6.45, 7) is 3.14. The van der Waals surface area contributed by atoms with E-state index in [0.717, 1.165) is 10.6 Å². The molecule has 0 radical (unpaired) electrons. The van der Waals surface area contributed by atoms with E-state index in [1.165, 1.54) is 11.3 Å². The van der Waals surface area contributed by atoms with E-state index in [2.05, 4.69) is 10.3 Å². The van der Waals surface area contributed by atoms with Crippen molar-refractivity contribution in [3.8, 4) is 0 Å². The molecule has 120 valence electrons. The number of rotatable bonds is 3. The minimum atomic E-state index is -0.0651. The number of piperidine rings is 1. The van der Waals surface area contributed by atoms with Gasteiger partial charge < -0.3 is 10.2 Å². The molecule has 0 unspecified atom stereocenters. The van der Waals surface area contributed by atoms with Crippen molar-refractivity contribution in [2.75, 3.05) is 18.4 Å². The number of aryl methyl sites for hydroxylation is 1. The summed E-state index contributed by atoms with van der Waals surface area (Å²) in [5.74, 6) is 0.585. The molecule has 1 saturated heterocycles. The van der Waals surface area contributed by atoms with E-state index >= 15 is 0 Å². The molecule has 1 aliphatic rings. The highest BCUT2D eigenvalue weighted by Crippen LogP contribution is 2.22. The Morgan fingerprint density at radius 3 is 2.65 bits per heavy atom. The maximum atomic E-state index is 12.3. The summed E-state index contributed by atoms with van der Waals surface area (Å²) >= 11 is 1.46. The second kappa shape index (κ2) is 6.91. The van der Waals surface area contributed by atoms with E-state index in [0.29, 0.717) is 31.7 Å². The average molecular weight is 329 g/mol. The Hall–Kier alpha value is -2.21. The molecule has 3 heterocycles. The van der Waals surface area contributed by atoms with E-state index in [1.807, 2.05) is 41.5 Å². The van der Waals surface area contributed by atoms with Gasteiger partial charge in [0, 0.05) is 24.7 Å². The van der Waals surface area contributed by atoms with Crippen LogP contribution in [-0.4, -0.2) is 34.8 Å². The quantitative estimate of drug-likeness (QED) is 0.942. The van der Waals surface area contributed by atoms with Gasteiger partial charge in [0.05, 0.1) is 4.88 Å². The Labute approximate surface area is 139 Å². The van der Waals surface area contributed by atoms with Crippen molar-refractivity contribution in [2.24, 2.45) is 5.92 Å². The van der Waals surface area contributed by atoms with Crippen LogP contribution in [-0.2, 0) is 4.79 Å². The van der Waals surface area contributed by atoms with Crippen molar-refractivity contribution in [1.82, 2.24) is 9.88 Å². The third-order valence-electron chi connectivity index (χ3n) is 4.02. The average Bonchev–Trinajstić information content (AvgIpc) is 3.09. The summed E-state index contributed by atoms with van der Waals surface area (Å²) in [7, 11) is 0. The number of amides is 2. The highest BCUT2D eigenvalue weighted by molar-refractivity contribution is 7.12. The summed E-state index contributed by atoms with van der Waals surface area (Å²) in [5.41, 5.74) is 0.874. The molecule has 3 rings (SSSR count). The molecule has 2 aromatic heterocycles. The third-order valence-corrected chi connectivity index (χ3v) is 4.88. The number of hydrogen-bond acceptors (Lipinski definition) is 4. The molecule has 1 fully saturated rings. The standard InChI is InChI=1S/C17H19N3O2S/c1-12-4-2-6-15(18-12)19-16(21)13-7-9-20(10-8-13)17(22)14-5-3-11-23-14/h2-6,11,13H,7-10H2,1H3,(H,18,19,21). The van der Waals surface area contributed by atoms with Crippen LogP contribution >= 0.6 is 11.3 Å². The molecular weight excluding hydrogens is 310 g/mol. The van der Waals surface area contributed by atoms with E-state index in [-0.39, 0.29) is 17.7 Å². The van der Waals surface area contributed by atoms with Gasteiger partial charge in [0.15, 0.2) is 0 Å². The van der Waals surface area contributed by atoms with Crippen molar-refractivity contribution >= 4 is 29.0 Å². The number of pyridine rings is 1. The molecule has 5 nitrogen and oxygen atoms in total. The summed E-state index contributed by atoms with van der Waals surface area (Å²) in [5, 5.41) is 4.78. The first-order chi connectivity index (χ1) is 11.1. The van der Waals surface area contributed by atoms with Gasteiger partial charge in [0.1, 0.15) is 5.82 Å². The molecule has 2 amide bonds. The zero-order valence-electron chi connectivity index (χ0n) is 13.0. The number of anilines is 1. The number of hydrogen-bond donors (Lipinski definition) is 1. The predicted octanol–water partition coefficient (Wildman–Crippen LogP) is 2.94. The van der Waals surface area contributed by atoms with Gasteiger partial charge in [-0.05, 0) is 43.3 Å². The third kappa shape index (κ3) is 3.76. The lowest BCUT2D eigenvalue weighted by atomic mass is 9.96. The summed E-state index contributed by atoms with van der Waals surface area (Å²) < 4.78 is 0. The SMILES string of the molecule is Cc1cccc(NC(=O)C2CCN(C(=O)c3cccs3)CC2)n1. The van der Waals surface area contributed by atoms with Crippen LogP contribution in [0.4, 0.5) is 5.82 Å². The van der Waals surface area contributed by atoms with Gasteiger partial charge in [-0.1, -0.05) is 12.1 Å². The Morgan fingerprint density at radius 1 is 1.22 bits per heavy atom. The highest BCUT2D eigenvalue weighted by Gasteiger charge is 2.28. The molecule has 0 aliphatic carbocycles. The van der Waals surface area contributed by atoms with Gasteiger partial charge >= 0.3 is 0 Å². The number of carbonyl (C=O) groups excluding carboxylic acids is 2. The summed E-state index contributed by atoms with van der Waals surface area (Å²) in [4.78, 5) is 31.5. The number of nitrogens with one attached hydrogen (secondary N) is 1. The molecule has 23 heavy (non-hydrogen) atoms. The fraction of sp³-hybridized carbons (Fsp3) is 0.353. The number of nitrogens with zero attached hydrogens (tertiary/aromatic N) is 2. The van der Waals surface area contributed by atoms with Crippen LogP contribution in [0.25, 0.3) is 0 Å². The monoisotopic (exact) mass is 329 g/mol. The number of carbonyl (C=O) groups is 2. The minimum Gasteiger partial charge on any atom is -0.338 e. The zero-order chi connectivity index (χ0) is 16.2. The minimum absolute atomic E-state index is 0.00803. The normalized spacial score (nSPS) is 15.4. The van der Waals surface area contributed by atoms with Crippen LogP contribution in [0.3, 0.4) is 0 Å². The van der Waals surface area contributed by atoms with Crippen molar-refractivity contribution in [3.05, 3.63) is 46.3 Å². The van der Waals surface area contributed by atoms with E-state index < -0.39 is 0 Å². The fourth-order valence-electron chi connectivity index (χ4n) is 2.74. The van der Waals surface area contributed by atoms with Gasteiger partial charge in [-0.15, -0.1) is 11.3 Å². The lowest BCUT2D eigenvalue weighted by molar-refractivity contribution is -0.121. The van der Waals surface area contributed by atoms with E-state index in [4.69, 9.17) is 0 Å². The van der Waals surface area contributed by atoms with Crippen molar-refractivity contribution in [3.63, 3.8) is 0 Å². The van der Waals surface area contributed by atoms with Crippen LogP contribution in [0.15, 0.2) is 35.7 Å². The molecule has 2 aromatic rings. The fourth-order valence-corrected chi connectivity index (χ4v) is 3.43. The highest BCUT2D eigenvalue weighted by atomic mass is 32.1. The lowest BCUT2D eigenvalue weighted by Crippen LogP contribution is -2.41. The molecule has 6 heteroatoms. The van der Waals surface area contributed by atoms with Gasteiger partial charge in [-0.25, -0.2) is 4.98 Å². The first kappa shape index (κ1) is 15.7. The van der Waals surface area contributed by atoms with Crippen LogP contribution in [0.2, 0.25) is 0 Å². The molecule has 1 N–H and O–H groups in total. The Balaban J connectivity index is 1.54. The second-order valence-electron chi connectivity index (χ2n) is 5.70. The van der Waals surface area contributed by atoms with Crippen LogP contribution in [0.1, 0.15) is 28.2 Å². The van der Waals surface area contributed by atoms with Gasteiger partial charge in [-0.3, -0.25) is 9.59 Å². The van der Waals surface area contributed by atoms with Gasteiger partial charge in [0.25, 0.3) is 5.91 Å². The molecular formula is C17H19N3O2S. The van der Waals surface area contributed by atoms with Gasteiger partial charge in [0.2, 0.25) is 5.91 Å². The van der Waals surface area contributed by atoms with E-state index in [1.54, 1.807) is 6.07 Å². The number of likely N-dealkylation sites (tertiary alicyclic amines) is 1. The Kier molecular flexibility index (Phi) is 4.71. The molecule has 0 atom stereocenters. The topological polar surface area (TPSA) is 62.3 Å². The Morgan fingerprint density at radius 2 is 2.00 bits per heavy atom. The molecule has 0 spiro atoms. The zero-order valence-corrected chi connectivity index (χ0v) is 13.8. The summed E-state index contributed by atoms with van der Waals surface area (Å²) in [6.07, 6.45) is 1.38. The van der Waals surface area contributed by atoms with Gasteiger partial charge in [-0.2, -0.15) is 0 Å². The van der Waals surface area contributed by atoms with Crippen LogP contribution in [0, 0.1) is 12.8 Å². The summed E-state index contributed by atoms with van der Waals surface area (Å²) in [6, 6.07) is 9.28. The number of thiophene rings is 1. The number of aromatic nitrogens is 1. The molecule has 1 aliphatic heterocycles. The first-order valence-electron chi connectivity index (χ1n) is 7.71. The molecule has 0 bridgehead atoms. The molecule has 0 aromatic carbocycles. The van der Waals surface area contributed by atoms with Crippen LogP contribution in [0.5, 0.6) is 0 Å².